The molecule has 0 aliphatic rings. The summed E-state index contributed by atoms with van der Waals surface area (Å²) in [6.07, 6.45) is 0. The fraction of sp³-hybridized carbons (Fsp3) is 0.167. The Hall–Kier alpha value is -1.66. The van der Waals surface area contributed by atoms with Crippen molar-refractivity contribution in [2.24, 2.45) is 5.84 Å². The van der Waals surface area contributed by atoms with Gasteiger partial charge in [-0.3, -0.25) is 0 Å². The van der Waals surface area contributed by atoms with Gasteiger partial charge in [0.05, 0.1) is 0 Å². The number of hydrogen-bond donors (Lipinski definition) is 2. The van der Waals surface area contributed by atoms with E-state index in [0.29, 0.717) is 18.2 Å². The van der Waals surface area contributed by atoms with E-state index in [0.717, 1.165) is 15.9 Å². The normalized spacial score (nSPS) is 10.2. The maximum Gasteiger partial charge on any atom is 0.168 e. The van der Waals surface area contributed by atoms with Gasteiger partial charge in [-0.25, -0.2) is 15.8 Å². The summed E-state index contributed by atoms with van der Waals surface area (Å²) in [5.74, 6) is 7.25. The zero-order chi connectivity index (χ0) is 13.0. The van der Waals surface area contributed by atoms with E-state index in [2.05, 4.69) is 31.3 Å². The minimum atomic E-state index is 0.298. The van der Waals surface area contributed by atoms with E-state index < -0.39 is 0 Å². The number of nitrogens with one attached hydrogen (secondary N) is 1. The topological polar surface area (TPSA) is 73.1 Å². The van der Waals surface area contributed by atoms with Crippen LogP contribution < -0.4 is 16.0 Å². The summed E-state index contributed by atoms with van der Waals surface area (Å²) < 4.78 is 6.57. The van der Waals surface area contributed by atoms with Crippen molar-refractivity contribution in [3.8, 4) is 5.75 Å². The third-order valence-electron chi connectivity index (χ3n) is 2.21. The van der Waals surface area contributed by atoms with Crippen molar-refractivity contribution in [2.75, 3.05) is 5.43 Å². The maximum atomic E-state index is 5.60. The van der Waals surface area contributed by atoms with Crippen molar-refractivity contribution in [2.45, 2.75) is 13.5 Å². The average Bonchev–Trinajstić information content (AvgIpc) is 2.36. The molecule has 0 saturated heterocycles. The number of benzene rings is 1. The van der Waals surface area contributed by atoms with Crippen LogP contribution in [0.5, 0.6) is 5.75 Å². The van der Waals surface area contributed by atoms with Crippen LogP contribution in [-0.4, -0.2) is 9.97 Å². The average molecular weight is 309 g/mol. The van der Waals surface area contributed by atoms with Gasteiger partial charge in [0.2, 0.25) is 0 Å². The minimum absolute atomic E-state index is 0.298. The molecule has 0 atom stereocenters. The molecule has 6 heteroatoms. The largest absolute Gasteiger partial charge is 0.486 e. The van der Waals surface area contributed by atoms with E-state index in [-0.39, 0.29) is 0 Å². The summed E-state index contributed by atoms with van der Waals surface area (Å²) in [5.41, 5.74) is 3.34. The number of aryl methyl sites for hydroxylation is 1. The van der Waals surface area contributed by atoms with Crippen LogP contribution >= 0.6 is 15.9 Å². The van der Waals surface area contributed by atoms with Crippen LogP contribution in [-0.2, 0) is 6.61 Å². The number of halogens is 1. The second-order valence-electron chi connectivity index (χ2n) is 3.70. The van der Waals surface area contributed by atoms with Gasteiger partial charge >= 0.3 is 0 Å². The molecule has 2 aromatic rings. The number of rotatable bonds is 4. The Morgan fingerprint density at radius 2 is 2.17 bits per heavy atom. The van der Waals surface area contributed by atoms with Crippen LogP contribution in [0.15, 0.2) is 34.8 Å². The van der Waals surface area contributed by atoms with Crippen LogP contribution in [0.2, 0.25) is 0 Å². The van der Waals surface area contributed by atoms with E-state index in [4.69, 9.17) is 10.6 Å². The van der Waals surface area contributed by atoms with Crippen molar-refractivity contribution >= 4 is 21.7 Å². The Kier molecular flexibility index (Phi) is 4.11. The van der Waals surface area contributed by atoms with Crippen LogP contribution in [0.1, 0.15) is 11.5 Å². The summed E-state index contributed by atoms with van der Waals surface area (Å²) in [4.78, 5) is 8.48. The van der Waals surface area contributed by atoms with Crippen molar-refractivity contribution in [1.29, 1.82) is 0 Å². The van der Waals surface area contributed by atoms with E-state index >= 15 is 0 Å². The van der Waals surface area contributed by atoms with E-state index in [9.17, 15) is 0 Å². The second-order valence-corrected chi connectivity index (χ2v) is 4.62. The standard InChI is InChI=1S/C12H13BrN4O/c1-8-5-11(17-14)16-12(15-8)7-18-10-4-2-3-9(13)6-10/h2-6H,7,14H2,1H3,(H,15,16,17). The van der Waals surface area contributed by atoms with Crippen LogP contribution in [0.25, 0.3) is 0 Å². The van der Waals surface area contributed by atoms with Gasteiger partial charge in [-0.05, 0) is 25.1 Å². The van der Waals surface area contributed by atoms with Crippen molar-refractivity contribution < 1.29 is 4.74 Å². The quantitative estimate of drug-likeness (QED) is 0.670. The highest BCUT2D eigenvalue weighted by Crippen LogP contribution is 2.18. The molecule has 0 aliphatic heterocycles. The Labute approximate surface area is 113 Å². The van der Waals surface area contributed by atoms with E-state index in [1.807, 2.05) is 31.2 Å². The van der Waals surface area contributed by atoms with Crippen LogP contribution in [0, 0.1) is 6.92 Å². The number of hydrogen-bond acceptors (Lipinski definition) is 5. The molecule has 0 bridgehead atoms. The molecule has 3 N–H and O–H groups in total. The molecule has 18 heavy (non-hydrogen) atoms. The van der Waals surface area contributed by atoms with Gasteiger partial charge in [0.15, 0.2) is 5.82 Å². The van der Waals surface area contributed by atoms with Crippen molar-refractivity contribution in [3.63, 3.8) is 0 Å². The second kappa shape index (κ2) is 5.79. The summed E-state index contributed by atoms with van der Waals surface area (Å²) in [6.45, 7) is 2.18. The predicted molar refractivity (Wildman–Crippen MR) is 73.1 cm³/mol. The fourth-order valence-corrected chi connectivity index (χ4v) is 1.85. The molecule has 0 radical (unpaired) electrons. The SMILES string of the molecule is Cc1cc(NN)nc(COc2cccc(Br)c2)n1. The van der Waals surface area contributed by atoms with E-state index in [1.165, 1.54) is 0 Å². The van der Waals surface area contributed by atoms with Gasteiger partial charge in [0, 0.05) is 16.2 Å². The highest BCUT2D eigenvalue weighted by Gasteiger charge is 2.03. The predicted octanol–water partition coefficient (Wildman–Crippen LogP) is 2.41. The number of hydrazine groups is 1. The zero-order valence-corrected chi connectivity index (χ0v) is 11.4. The van der Waals surface area contributed by atoms with Gasteiger partial charge in [-0.2, -0.15) is 0 Å². The van der Waals surface area contributed by atoms with Gasteiger partial charge in [0.1, 0.15) is 18.2 Å². The lowest BCUT2D eigenvalue weighted by molar-refractivity contribution is 0.295. The highest BCUT2D eigenvalue weighted by atomic mass is 79.9. The molecular formula is C12H13BrN4O. The van der Waals surface area contributed by atoms with Crippen LogP contribution in [0.3, 0.4) is 0 Å². The van der Waals surface area contributed by atoms with Gasteiger partial charge in [-0.1, -0.05) is 22.0 Å². The number of anilines is 1. The first-order valence-corrected chi connectivity index (χ1v) is 6.16. The van der Waals surface area contributed by atoms with E-state index in [1.54, 1.807) is 6.07 Å². The number of ether oxygens (including phenoxy) is 1. The summed E-state index contributed by atoms with van der Waals surface area (Å²) >= 11 is 3.39. The molecule has 2 rings (SSSR count). The zero-order valence-electron chi connectivity index (χ0n) is 9.85. The molecular weight excluding hydrogens is 296 g/mol. The molecule has 94 valence electrons. The third kappa shape index (κ3) is 3.41. The monoisotopic (exact) mass is 308 g/mol. The fourth-order valence-electron chi connectivity index (χ4n) is 1.47. The number of nitrogen functional groups attached to an aromatic ring is 1. The lowest BCUT2D eigenvalue weighted by Crippen LogP contribution is -2.12. The molecule has 0 saturated carbocycles. The Balaban J connectivity index is 2.08. The van der Waals surface area contributed by atoms with Crippen molar-refractivity contribution in [3.05, 3.63) is 46.3 Å². The minimum Gasteiger partial charge on any atom is -0.486 e. The molecule has 0 fully saturated rings. The summed E-state index contributed by atoms with van der Waals surface area (Å²) in [6, 6.07) is 9.37. The molecule has 1 heterocycles. The number of nitrogens with zero attached hydrogens (tertiary/aromatic N) is 2. The summed E-state index contributed by atoms with van der Waals surface area (Å²) in [5, 5.41) is 0. The Morgan fingerprint density at radius 3 is 2.89 bits per heavy atom. The third-order valence-corrected chi connectivity index (χ3v) is 2.71. The molecule has 0 unspecified atom stereocenters. The van der Waals surface area contributed by atoms with Crippen LogP contribution in [0.4, 0.5) is 5.82 Å². The van der Waals surface area contributed by atoms with Gasteiger partial charge < -0.3 is 10.2 Å². The lowest BCUT2D eigenvalue weighted by Gasteiger charge is -2.07. The van der Waals surface area contributed by atoms with Crippen molar-refractivity contribution in [1.82, 2.24) is 9.97 Å². The maximum absolute atomic E-state index is 5.60. The molecule has 0 spiro atoms. The molecule has 0 amide bonds. The molecule has 1 aromatic carbocycles. The molecule has 0 aliphatic carbocycles. The highest BCUT2D eigenvalue weighted by molar-refractivity contribution is 9.10. The molecule has 5 nitrogen and oxygen atoms in total. The Bertz CT molecular complexity index is 547. The number of nitrogens with two attached hydrogens (primary N) is 1. The lowest BCUT2D eigenvalue weighted by atomic mass is 10.3. The number of aromatic nitrogens is 2. The molecule has 1 aromatic heterocycles. The summed E-state index contributed by atoms with van der Waals surface area (Å²) in [7, 11) is 0. The smallest absolute Gasteiger partial charge is 0.168 e. The first-order valence-electron chi connectivity index (χ1n) is 5.37. The Morgan fingerprint density at radius 1 is 1.33 bits per heavy atom. The first kappa shape index (κ1) is 12.8. The van der Waals surface area contributed by atoms with Gasteiger partial charge in [0.25, 0.3) is 0 Å². The first-order chi connectivity index (χ1) is 8.67. The van der Waals surface area contributed by atoms with Gasteiger partial charge in [-0.15, -0.1) is 0 Å².